The average Bonchev–Trinajstić information content (AvgIpc) is 2.34. The normalized spacial score (nSPS) is 10.5. The van der Waals surface area contributed by atoms with Crippen molar-refractivity contribution in [3.8, 4) is 0 Å². The molecule has 2 rings (SSSR count). The molecule has 0 atom stereocenters. The van der Waals surface area contributed by atoms with Crippen LogP contribution in [0.25, 0.3) is 0 Å². The van der Waals surface area contributed by atoms with E-state index in [1.807, 2.05) is 24.3 Å². The molecule has 0 aliphatic carbocycles. The lowest BCUT2D eigenvalue weighted by Crippen LogP contribution is -1.97. The Morgan fingerprint density at radius 3 is 2.41 bits per heavy atom. The van der Waals surface area contributed by atoms with Crippen molar-refractivity contribution in [2.45, 2.75) is 13.2 Å². The second-order valence-corrected chi connectivity index (χ2v) is 4.77. The fourth-order valence-electron chi connectivity index (χ4n) is 1.27. The summed E-state index contributed by atoms with van der Waals surface area (Å²) in [5.74, 6) is 0. The molecule has 17 heavy (non-hydrogen) atoms. The Balaban J connectivity index is 1.83. The summed E-state index contributed by atoms with van der Waals surface area (Å²) in [4.78, 5) is 0. The van der Waals surface area contributed by atoms with Gasteiger partial charge in [0, 0.05) is 4.47 Å². The lowest BCUT2D eigenvalue weighted by molar-refractivity contribution is 0.104. The van der Waals surface area contributed by atoms with Crippen molar-refractivity contribution < 1.29 is 4.74 Å². The summed E-state index contributed by atoms with van der Waals surface area (Å²) >= 11 is 9.02. The number of aromatic nitrogens is 2. The van der Waals surface area contributed by atoms with Crippen LogP contribution < -0.4 is 0 Å². The number of ether oxygens (including phenoxy) is 1. The Hall–Kier alpha value is -0.970. The summed E-state index contributed by atoms with van der Waals surface area (Å²) in [7, 11) is 0. The number of hydrogen-bond donors (Lipinski definition) is 0. The van der Waals surface area contributed by atoms with E-state index >= 15 is 0 Å². The van der Waals surface area contributed by atoms with Crippen molar-refractivity contribution in [2.24, 2.45) is 0 Å². The van der Waals surface area contributed by atoms with Gasteiger partial charge in [-0.25, -0.2) is 0 Å². The van der Waals surface area contributed by atoms with Crippen LogP contribution in [0, 0.1) is 0 Å². The number of nitrogens with zero attached hydrogens (tertiary/aromatic N) is 2. The van der Waals surface area contributed by atoms with Gasteiger partial charge in [0.05, 0.1) is 18.9 Å². The van der Waals surface area contributed by atoms with E-state index in [2.05, 4.69) is 26.1 Å². The largest absolute Gasteiger partial charge is 0.370 e. The van der Waals surface area contributed by atoms with E-state index in [1.165, 1.54) is 0 Å². The standard InChI is InChI=1S/C12H10BrClN2O/c13-10-3-1-9(2-4-10)7-17-8-11-5-6-12(14)16-15-11/h1-6H,7-8H2. The minimum Gasteiger partial charge on any atom is -0.370 e. The smallest absolute Gasteiger partial charge is 0.151 e. The molecular weight excluding hydrogens is 304 g/mol. The van der Waals surface area contributed by atoms with Crippen LogP contribution in [0.15, 0.2) is 40.9 Å². The van der Waals surface area contributed by atoms with Gasteiger partial charge in [-0.15, -0.1) is 5.10 Å². The van der Waals surface area contributed by atoms with Crippen molar-refractivity contribution in [1.82, 2.24) is 10.2 Å². The highest BCUT2D eigenvalue weighted by Crippen LogP contribution is 2.11. The van der Waals surface area contributed by atoms with Crippen LogP contribution in [0.3, 0.4) is 0 Å². The van der Waals surface area contributed by atoms with Crippen LogP contribution in [0.1, 0.15) is 11.3 Å². The molecule has 0 bridgehead atoms. The first-order valence-corrected chi connectivity index (χ1v) is 6.21. The van der Waals surface area contributed by atoms with Crippen molar-refractivity contribution in [1.29, 1.82) is 0 Å². The van der Waals surface area contributed by atoms with Gasteiger partial charge in [0.2, 0.25) is 0 Å². The van der Waals surface area contributed by atoms with Gasteiger partial charge in [0.25, 0.3) is 0 Å². The summed E-state index contributed by atoms with van der Waals surface area (Å²) in [6.07, 6.45) is 0. The Morgan fingerprint density at radius 2 is 1.76 bits per heavy atom. The van der Waals surface area contributed by atoms with Crippen LogP contribution in [0.5, 0.6) is 0 Å². The SMILES string of the molecule is Clc1ccc(COCc2ccc(Br)cc2)nn1. The zero-order chi connectivity index (χ0) is 12.1. The molecule has 0 saturated heterocycles. The van der Waals surface area contributed by atoms with Crippen LogP contribution in [0.2, 0.25) is 5.15 Å². The van der Waals surface area contributed by atoms with Crippen LogP contribution >= 0.6 is 27.5 Å². The van der Waals surface area contributed by atoms with E-state index < -0.39 is 0 Å². The fourth-order valence-corrected chi connectivity index (χ4v) is 1.64. The third kappa shape index (κ3) is 4.07. The zero-order valence-corrected chi connectivity index (χ0v) is 11.3. The molecular formula is C12H10BrClN2O. The lowest BCUT2D eigenvalue weighted by atomic mass is 10.2. The zero-order valence-electron chi connectivity index (χ0n) is 8.94. The molecule has 0 aliphatic heterocycles. The molecule has 0 aliphatic rings. The maximum atomic E-state index is 5.64. The highest BCUT2D eigenvalue weighted by Gasteiger charge is 1.98. The van der Waals surface area contributed by atoms with Crippen LogP contribution in [-0.2, 0) is 18.0 Å². The molecule has 2 aromatic rings. The highest BCUT2D eigenvalue weighted by atomic mass is 79.9. The van der Waals surface area contributed by atoms with Crippen molar-refractivity contribution in [2.75, 3.05) is 0 Å². The predicted octanol–water partition coefficient (Wildman–Crippen LogP) is 3.61. The summed E-state index contributed by atoms with van der Waals surface area (Å²) < 4.78 is 6.58. The Labute approximate surface area is 113 Å². The van der Waals surface area contributed by atoms with Gasteiger partial charge in [-0.3, -0.25) is 0 Å². The first-order chi connectivity index (χ1) is 8.24. The number of benzene rings is 1. The minimum absolute atomic E-state index is 0.390. The Kier molecular flexibility index (Phi) is 4.48. The molecule has 5 heteroatoms. The van der Waals surface area contributed by atoms with Crippen molar-refractivity contribution >= 4 is 27.5 Å². The van der Waals surface area contributed by atoms with E-state index in [0.29, 0.717) is 18.4 Å². The molecule has 0 amide bonds. The molecule has 0 saturated carbocycles. The van der Waals surface area contributed by atoms with Gasteiger partial charge in [-0.1, -0.05) is 39.7 Å². The summed E-state index contributed by atoms with van der Waals surface area (Å²) in [5.41, 5.74) is 1.89. The Morgan fingerprint density at radius 1 is 1.00 bits per heavy atom. The first-order valence-electron chi connectivity index (χ1n) is 5.04. The van der Waals surface area contributed by atoms with E-state index in [1.54, 1.807) is 12.1 Å². The van der Waals surface area contributed by atoms with Gasteiger partial charge in [0.1, 0.15) is 0 Å². The van der Waals surface area contributed by atoms with Gasteiger partial charge in [0.15, 0.2) is 5.15 Å². The average molecular weight is 314 g/mol. The van der Waals surface area contributed by atoms with E-state index in [-0.39, 0.29) is 0 Å². The molecule has 1 aromatic heterocycles. The number of hydrogen-bond acceptors (Lipinski definition) is 3. The summed E-state index contributed by atoms with van der Waals surface area (Å²) in [5, 5.41) is 8.05. The maximum absolute atomic E-state index is 5.64. The van der Waals surface area contributed by atoms with Crippen LogP contribution in [0.4, 0.5) is 0 Å². The summed E-state index contributed by atoms with van der Waals surface area (Å²) in [6.45, 7) is 0.984. The topological polar surface area (TPSA) is 35.0 Å². The Bertz CT molecular complexity index is 427. The molecule has 1 heterocycles. The molecule has 0 N–H and O–H groups in total. The summed E-state index contributed by atoms with van der Waals surface area (Å²) in [6, 6.07) is 11.5. The number of rotatable bonds is 4. The van der Waals surface area contributed by atoms with E-state index in [9.17, 15) is 0 Å². The second-order valence-electron chi connectivity index (χ2n) is 3.47. The third-order valence-corrected chi connectivity index (χ3v) is 2.85. The van der Waals surface area contributed by atoms with Crippen molar-refractivity contribution in [3.05, 3.63) is 57.3 Å². The fraction of sp³-hybridized carbons (Fsp3) is 0.167. The predicted molar refractivity (Wildman–Crippen MR) is 69.7 cm³/mol. The lowest BCUT2D eigenvalue weighted by Gasteiger charge is -2.03. The molecule has 0 unspecified atom stereocenters. The van der Waals surface area contributed by atoms with Gasteiger partial charge < -0.3 is 4.74 Å². The molecule has 1 aromatic carbocycles. The van der Waals surface area contributed by atoms with E-state index in [4.69, 9.17) is 16.3 Å². The maximum Gasteiger partial charge on any atom is 0.151 e. The minimum atomic E-state index is 0.390. The monoisotopic (exact) mass is 312 g/mol. The molecule has 0 radical (unpaired) electrons. The second kappa shape index (κ2) is 6.10. The molecule has 88 valence electrons. The third-order valence-electron chi connectivity index (χ3n) is 2.12. The highest BCUT2D eigenvalue weighted by molar-refractivity contribution is 9.10. The van der Waals surface area contributed by atoms with Crippen LogP contribution in [-0.4, -0.2) is 10.2 Å². The quantitative estimate of drug-likeness (QED) is 0.865. The molecule has 3 nitrogen and oxygen atoms in total. The number of halogens is 2. The van der Waals surface area contributed by atoms with Gasteiger partial charge in [-0.2, -0.15) is 5.10 Å². The molecule has 0 spiro atoms. The van der Waals surface area contributed by atoms with Gasteiger partial charge in [-0.05, 0) is 29.8 Å². The van der Waals surface area contributed by atoms with E-state index in [0.717, 1.165) is 15.7 Å². The van der Waals surface area contributed by atoms with Gasteiger partial charge >= 0.3 is 0 Å². The first kappa shape index (κ1) is 12.5. The molecule has 0 fully saturated rings. The van der Waals surface area contributed by atoms with Crippen molar-refractivity contribution in [3.63, 3.8) is 0 Å².